The van der Waals surface area contributed by atoms with Crippen LogP contribution >= 0.6 is 0 Å². The molecule has 0 aliphatic rings. The van der Waals surface area contributed by atoms with Crippen LogP contribution in [0, 0.1) is 22.7 Å². The zero-order chi connectivity index (χ0) is 32.2. The lowest BCUT2D eigenvalue weighted by molar-refractivity contribution is 1.18. The third-order valence-electron chi connectivity index (χ3n) is 9.41. The van der Waals surface area contributed by atoms with E-state index < -0.39 is 0 Å². The average Bonchev–Trinajstić information content (AvgIpc) is 3.67. The molecule has 2 aromatic heterocycles. The summed E-state index contributed by atoms with van der Waals surface area (Å²) in [5.41, 5.74) is 11.7. The largest absolute Gasteiger partial charge is 0.309 e. The standard InChI is InChI=1S/C44H26N4/c45-27-29-17-24-44-39(25-29)38-12-4-6-14-41(38)47(44)33-21-18-30(19-22-33)34-23-20-31(26-32(34)28-46)35-9-1-5-13-40(35)48-42-15-7-2-10-36(42)37-11-3-8-16-43(37)48/h1-26H. The van der Waals surface area contributed by atoms with Gasteiger partial charge in [-0.15, -0.1) is 0 Å². The molecule has 9 rings (SSSR count). The Labute approximate surface area is 277 Å². The molecule has 0 aliphatic carbocycles. The van der Waals surface area contributed by atoms with E-state index >= 15 is 0 Å². The Bertz CT molecular complexity index is 2750. The highest BCUT2D eigenvalue weighted by Gasteiger charge is 2.17. The topological polar surface area (TPSA) is 57.4 Å². The zero-order valence-electron chi connectivity index (χ0n) is 25.8. The number of benzene rings is 7. The van der Waals surface area contributed by atoms with Crippen molar-refractivity contribution < 1.29 is 0 Å². The maximum absolute atomic E-state index is 10.4. The van der Waals surface area contributed by atoms with Gasteiger partial charge in [0.1, 0.15) is 0 Å². The molecule has 0 spiro atoms. The lowest BCUT2D eigenvalue weighted by atomic mass is 9.94. The van der Waals surface area contributed by atoms with Crippen molar-refractivity contribution in [2.45, 2.75) is 0 Å². The summed E-state index contributed by atoms with van der Waals surface area (Å²) in [6.07, 6.45) is 0. The number of rotatable bonds is 4. The van der Waals surface area contributed by atoms with Crippen LogP contribution in [0.25, 0.3) is 77.2 Å². The van der Waals surface area contributed by atoms with E-state index in [1.165, 1.54) is 10.8 Å². The predicted molar refractivity (Wildman–Crippen MR) is 195 cm³/mol. The van der Waals surface area contributed by atoms with Crippen molar-refractivity contribution in [2.24, 2.45) is 0 Å². The van der Waals surface area contributed by atoms with Gasteiger partial charge in [-0.1, -0.05) is 97.1 Å². The molecule has 4 nitrogen and oxygen atoms in total. The number of hydrogen-bond acceptors (Lipinski definition) is 2. The molecule has 0 fully saturated rings. The Hall–Kier alpha value is -6.88. The quantitative estimate of drug-likeness (QED) is 0.199. The van der Waals surface area contributed by atoms with Gasteiger partial charge in [0, 0.05) is 32.8 Å². The molecular weight excluding hydrogens is 585 g/mol. The summed E-state index contributed by atoms with van der Waals surface area (Å²) in [6, 6.07) is 58.9. The third kappa shape index (κ3) is 4.14. The first kappa shape index (κ1) is 27.4. The minimum Gasteiger partial charge on any atom is -0.309 e. The van der Waals surface area contributed by atoms with Crippen molar-refractivity contribution in [3.63, 3.8) is 0 Å². The van der Waals surface area contributed by atoms with Gasteiger partial charge < -0.3 is 9.13 Å². The lowest BCUT2D eigenvalue weighted by Gasteiger charge is -2.15. The van der Waals surface area contributed by atoms with Crippen LogP contribution in [-0.4, -0.2) is 9.13 Å². The molecule has 0 amide bonds. The van der Waals surface area contributed by atoms with Gasteiger partial charge in [-0.3, -0.25) is 0 Å². The molecule has 48 heavy (non-hydrogen) atoms. The van der Waals surface area contributed by atoms with Crippen LogP contribution in [0.15, 0.2) is 158 Å². The molecule has 0 bridgehead atoms. The first-order chi connectivity index (χ1) is 23.7. The number of nitriles is 2. The van der Waals surface area contributed by atoms with Gasteiger partial charge in [0.15, 0.2) is 0 Å². The van der Waals surface area contributed by atoms with Crippen molar-refractivity contribution in [2.75, 3.05) is 0 Å². The van der Waals surface area contributed by atoms with E-state index in [2.05, 4.69) is 143 Å². The number of para-hydroxylation sites is 4. The highest BCUT2D eigenvalue weighted by atomic mass is 15.0. The second-order valence-corrected chi connectivity index (χ2v) is 12.0. The molecule has 0 N–H and O–H groups in total. The zero-order valence-corrected chi connectivity index (χ0v) is 25.8. The second kappa shape index (κ2) is 10.9. The van der Waals surface area contributed by atoms with E-state index in [1.54, 1.807) is 0 Å². The van der Waals surface area contributed by atoms with E-state index in [4.69, 9.17) is 0 Å². The van der Waals surface area contributed by atoms with Crippen LogP contribution in [0.2, 0.25) is 0 Å². The molecule has 0 radical (unpaired) electrons. The van der Waals surface area contributed by atoms with E-state index in [0.29, 0.717) is 11.1 Å². The van der Waals surface area contributed by atoms with Gasteiger partial charge in [-0.2, -0.15) is 10.5 Å². The summed E-state index contributed by atoms with van der Waals surface area (Å²) >= 11 is 0. The second-order valence-electron chi connectivity index (χ2n) is 12.0. The molecule has 0 atom stereocenters. The number of aromatic nitrogens is 2. The first-order valence-corrected chi connectivity index (χ1v) is 15.9. The summed E-state index contributed by atoms with van der Waals surface area (Å²) in [5.74, 6) is 0. The van der Waals surface area contributed by atoms with Crippen LogP contribution < -0.4 is 0 Å². The minimum absolute atomic E-state index is 0.623. The SMILES string of the molecule is N#Cc1ccc2c(c1)c1ccccc1n2-c1ccc(-c2ccc(-c3ccccc3-n3c4ccccc4c4ccccc43)cc2C#N)cc1. The third-order valence-corrected chi connectivity index (χ3v) is 9.41. The smallest absolute Gasteiger partial charge is 0.0998 e. The van der Waals surface area contributed by atoms with Crippen molar-refractivity contribution in [3.8, 4) is 45.8 Å². The van der Waals surface area contributed by atoms with Crippen molar-refractivity contribution in [3.05, 3.63) is 169 Å². The van der Waals surface area contributed by atoms with Gasteiger partial charge >= 0.3 is 0 Å². The Morgan fingerprint density at radius 3 is 1.62 bits per heavy atom. The fraction of sp³-hybridized carbons (Fsp3) is 0. The summed E-state index contributed by atoms with van der Waals surface area (Å²) in [6.45, 7) is 0. The molecular formula is C44H26N4. The number of nitrogens with zero attached hydrogens (tertiary/aromatic N) is 4. The minimum atomic E-state index is 0.623. The Kier molecular flexibility index (Phi) is 6.22. The molecule has 0 aliphatic heterocycles. The van der Waals surface area contributed by atoms with Crippen LogP contribution in [0.1, 0.15) is 11.1 Å². The predicted octanol–water partition coefficient (Wildman–Crippen LogP) is 11.0. The molecule has 9 aromatic rings. The van der Waals surface area contributed by atoms with Crippen LogP contribution in [-0.2, 0) is 0 Å². The van der Waals surface area contributed by atoms with E-state index in [-0.39, 0.29) is 0 Å². The molecule has 7 aromatic carbocycles. The van der Waals surface area contributed by atoms with E-state index in [9.17, 15) is 10.5 Å². The molecule has 0 saturated carbocycles. The number of fused-ring (bicyclic) bond motifs is 6. The highest BCUT2D eigenvalue weighted by molar-refractivity contribution is 6.10. The van der Waals surface area contributed by atoms with Gasteiger partial charge in [0.2, 0.25) is 0 Å². The van der Waals surface area contributed by atoms with Crippen LogP contribution in [0.3, 0.4) is 0 Å². The molecule has 0 saturated heterocycles. The van der Waals surface area contributed by atoms with Gasteiger partial charge in [0.05, 0.1) is 51.0 Å². The monoisotopic (exact) mass is 610 g/mol. The van der Waals surface area contributed by atoms with E-state index in [1.807, 2.05) is 36.4 Å². The highest BCUT2D eigenvalue weighted by Crippen LogP contribution is 2.38. The summed E-state index contributed by atoms with van der Waals surface area (Å²) < 4.78 is 4.56. The average molecular weight is 611 g/mol. The molecule has 4 heteroatoms. The molecule has 2 heterocycles. The van der Waals surface area contributed by atoms with Gasteiger partial charge in [-0.25, -0.2) is 0 Å². The summed E-state index contributed by atoms with van der Waals surface area (Å²) in [4.78, 5) is 0. The Balaban J connectivity index is 1.14. The van der Waals surface area contributed by atoms with Gasteiger partial charge in [-0.05, 0) is 77.4 Å². The maximum atomic E-state index is 10.4. The van der Waals surface area contributed by atoms with Crippen LogP contribution in [0.4, 0.5) is 0 Å². The van der Waals surface area contributed by atoms with Crippen molar-refractivity contribution in [1.82, 2.24) is 9.13 Å². The maximum Gasteiger partial charge on any atom is 0.0998 e. The first-order valence-electron chi connectivity index (χ1n) is 15.9. The fourth-order valence-corrected chi connectivity index (χ4v) is 7.26. The summed E-state index contributed by atoms with van der Waals surface area (Å²) in [5, 5.41) is 24.5. The lowest BCUT2D eigenvalue weighted by Crippen LogP contribution is -1.97. The molecule has 0 unspecified atom stereocenters. The normalized spacial score (nSPS) is 11.3. The van der Waals surface area contributed by atoms with E-state index in [0.717, 1.165) is 66.5 Å². The van der Waals surface area contributed by atoms with Gasteiger partial charge in [0.25, 0.3) is 0 Å². The Morgan fingerprint density at radius 1 is 0.396 bits per heavy atom. The Morgan fingerprint density at radius 2 is 0.958 bits per heavy atom. The van der Waals surface area contributed by atoms with Crippen molar-refractivity contribution >= 4 is 43.6 Å². The number of hydrogen-bond donors (Lipinski definition) is 0. The van der Waals surface area contributed by atoms with Crippen LogP contribution in [0.5, 0.6) is 0 Å². The molecule has 222 valence electrons. The fourth-order valence-electron chi connectivity index (χ4n) is 7.26. The van der Waals surface area contributed by atoms with Crippen molar-refractivity contribution in [1.29, 1.82) is 10.5 Å². The summed E-state index contributed by atoms with van der Waals surface area (Å²) in [7, 11) is 0.